The molecule has 4 rings (SSSR count). The van der Waals surface area contributed by atoms with Crippen LogP contribution in [-0.2, 0) is 6.54 Å². The van der Waals surface area contributed by atoms with Gasteiger partial charge in [0.1, 0.15) is 10.5 Å². The number of para-hydroxylation sites is 1. The molecule has 0 unspecified atom stereocenters. The largest absolute Gasteiger partial charge is 0.296 e. The summed E-state index contributed by atoms with van der Waals surface area (Å²) in [6.45, 7) is 0.458. The van der Waals surface area contributed by atoms with Crippen molar-refractivity contribution in [2.24, 2.45) is 0 Å². The molecule has 2 aromatic carbocycles. The van der Waals surface area contributed by atoms with Gasteiger partial charge in [-0.2, -0.15) is 0 Å². The average Bonchev–Trinajstić information content (AvgIpc) is 3.23. The van der Waals surface area contributed by atoms with Crippen molar-refractivity contribution in [3.8, 4) is 0 Å². The molecule has 1 amide bonds. The minimum atomic E-state index is -0.204. The number of aromatic nitrogens is 5. The third kappa shape index (κ3) is 2.86. The van der Waals surface area contributed by atoms with Crippen molar-refractivity contribution >= 4 is 33.4 Å². The zero-order valence-corrected chi connectivity index (χ0v) is 13.3. The van der Waals surface area contributed by atoms with Crippen LogP contribution in [0.2, 0.25) is 0 Å². The van der Waals surface area contributed by atoms with E-state index in [1.165, 1.54) is 11.3 Å². The quantitative estimate of drug-likeness (QED) is 0.619. The Hall–Kier alpha value is -3.13. The fourth-order valence-corrected chi connectivity index (χ4v) is 3.01. The number of hydrogen-bond acceptors (Lipinski definition) is 6. The summed E-state index contributed by atoms with van der Waals surface area (Å²) >= 11 is 1.32. The highest BCUT2D eigenvalue weighted by molar-refractivity contribution is 7.15. The SMILES string of the molecule is O=C(Nc1nnc(Cn2nnc3ccccc32)s1)c1ccccc1. The van der Waals surface area contributed by atoms with Crippen molar-refractivity contribution in [3.63, 3.8) is 0 Å². The first kappa shape index (κ1) is 14.5. The normalized spacial score (nSPS) is 10.8. The molecule has 8 heteroatoms. The predicted molar refractivity (Wildman–Crippen MR) is 90.9 cm³/mol. The number of benzene rings is 2. The molecule has 0 bridgehead atoms. The van der Waals surface area contributed by atoms with E-state index in [0.29, 0.717) is 17.2 Å². The van der Waals surface area contributed by atoms with Gasteiger partial charge >= 0.3 is 0 Å². The van der Waals surface area contributed by atoms with Gasteiger partial charge in [-0.1, -0.05) is 46.9 Å². The molecule has 0 aliphatic carbocycles. The number of rotatable bonds is 4. The van der Waals surface area contributed by atoms with Gasteiger partial charge in [-0.3, -0.25) is 10.1 Å². The standard InChI is InChI=1S/C16H12N6OS/c23-15(11-6-2-1-3-7-11)17-16-20-19-14(24-16)10-22-13-9-5-4-8-12(13)18-21-22/h1-9H,10H2,(H,17,20,23). The molecule has 0 fully saturated rings. The van der Waals surface area contributed by atoms with Crippen molar-refractivity contribution < 1.29 is 4.79 Å². The molecule has 1 N–H and O–H groups in total. The molecular weight excluding hydrogens is 324 g/mol. The second-order valence-corrected chi connectivity index (χ2v) is 6.12. The summed E-state index contributed by atoms with van der Waals surface area (Å²) in [5, 5.41) is 20.3. The lowest BCUT2D eigenvalue weighted by Gasteiger charge is -2.00. The lowest BCUT2D eigenvalue weighted by Crippen LogP contribution is -2.11. The molecular formula is C16H12N6OS. The van der Waals surface area contributed by atoms with E-state index in [4.69, 9.17) is 0 Å². The zero-order chi connectivity index (χ0) is 16.4. The highest BCUT2D eigenvalue weighted by Crippen LogP contribution is 2.19. The molecule has 0 atom stereocenters. The van der Waals surface area contributed by atoms with E-state index < -0.39 is 0 Å². The van der Waals surface area contributed by atoms with Gasteiger partial charge in [0.15, 0.2) is 0 Å². The highest BCUT2D eigenvalue weighted by Gasteiger charge is 2.11. The maximum absolute atomic E-state index is 12.1. The van der Waals surface area contributed by atoms with E-state index in [0.717, 1.165) is 16.0 Å². The maximum atomic E-state index is 12.1. The van der Waals surface area contributed by atoms with E-state index in [-0.39, 0.29) is 5.91 Å². The topological polar surface area (TPSA) is 85.6 Å². The Bertz CT molecular complexity index is 994. The van der Waals surface area contributed by atoms with Crippen molar-refractivity contribution in [1.29, 1.82) is 0 Å². The molecule has 24 heavy (non-hydrogen) atoms. The molecule has 7 nitrogen and oxygen atoms in total. The minimum absolute atomic E-state index is 0.204. The van der Waals surface area contributed by atoms with Crippen LogP contribution in [0.1, 0.15) is 15.4 Å². The van der Waals surface area contributed by atoms with Gasteiger partial charge in [-0.05, 0) is 24.3 Å². The summed E-state index contributed by atoms with van der Waals surface area (Å²) in [6, 6.07) is 16.7. The Kier molecular flexibility index (Phi) is 3.72. The van der Waals surface area contributed by atoms with Gasteiger partial charge in [-0.25, -0.2) is 4.68 Å². The summed E-state index contributed by atoms with van der Waals surface area (Å²) in [5.74, 6) is -0.204. The van der Waals surface area contributed by atoms with Crippen LogP contribution in [0.5, 0.6) is 0 Å². The van der Waals surface area contributed by atoms with Crippen molar-refractivity contribution in [1.82, 2.24) is 25.2 Å². The van der Waals surface area contributed by atoms with Crippen LogP contribution in [0.15, 0.2) is 54.6 Å². The first-order valence-corrected chi connectivity index (χ1v) is 8.08. The van der Waals surface area contributed by atoms with Crippen LogP contribution in [0.25, 0.3) is 11.0 Å². The molecule has 0 saturated carbocycles. The number of amides is 1. The Morgan fingerprint density at radius 2 is 1.79 bits per heavy atom. The molecule has 0 spiro atoms. The van der Waals surface area contributed by atoms with Gasteiger partial charge in [0.05, 0.1) is 12.1 Å². The zero-order valence-electron chi connectivity index (χ0n) is 12.5. The van der Waals surface area contributed by atoms with E-state index in [1.54, 1.807) is 16.8 Å². The number of carbonyl (C=O) groups excluding carboxylic acids is 1. The van der Waals surface area contributed by atoms with Crippen LogP contribution >= 0.6 is 11.3 Å². The van der Waals surface area contributed by atoms with Crippen LogP contribution in [-0.4, -0.2) is 31.1 Å². The molecule has 0 aliphatic heterocycles. The maximum Gasteiger partial charge on any atom is 0.257 e. The van der Waals surface area contributed by atoms with E-state index in [1.807, 2.05) is 42.5 Å². The van der Waals surface area contributed by atoms with Crippen molar-refractivity contribution in [2.75, 3.05) is 5.32 Å². The molecule has 0 aliphatic rings. The number of fused-ring (bicyclic) bond motifs is 1. The monoisotopic (exact) mass is 336 g/mol. The smallest absolute Gasteiger partial charge is 0.257 e. The van der Waals surface area contributed by atoms with E-state index >= 15 is 0 Å². The second-order valence-electron chi connectivity index (χ2n) is 5.06. The average molecular weight is 336 g/mol. The summed E-state index contributed by atoms with van der Waals surface area (Å²) < 4.78 is 1.76. The number of carbonyl (C=O) groups is 1. The van der Waals surface area contributed by atoms with Gasteiger partial charge in [0.25, 0.3) is 5.91 Å². The third-order valence-corrected chi connectivity index (χ3v) is 4.25. The second kappa shape index (κ2) is 6.17. The summed E-state index contributed by atoms with van der Waals surface area (Å²) in [4.78, 5) is 12.1. The lowest BCUT2D eigenvalue weighted by atomic mass is 10.2. The van der Waals surface area contributed by atoms with Crippen molar-refractivity contribution in [3.05, 3.63) is 65.2 Å². The van der Waals surface area contributed by atoms with Crippen LogP contribution < -0.4 is 5.32 Å². The van der Waals surface area contributed by atoms with Gasteiger partial charge in [-0.15, -0.1) is 15.3 Å². The van der Waals surface area contributed by atoms with E-state index in [2.05, 4.69) is 25.8 Å². The summed E-state index contributed by atoms with van der Waals surface area (Å²) in [6.07, 6.45) is 0. The molecule has 2 heterocycles. The lowest BCUT2D eigenvalue weighted by molar-refractivity contribution is 0.102. The Labute approximate surface area is 141 Å². The highest BCUT2D eigenvalue weighted by atomic mass is 32.1. The minimum Gasteiger partial charge on any atom is -0.296 e. The van der Waals surface area contributed by atoms with Gasteiger partial charge < -0.3 is 0 Å². The number of nitrogens with one attached hydrogen (secondary N) is 1. The first-order chi connectivity index (χ1) is 11.8. The fraction of sp³-hybridized carbons (Fsp3) is 0.0625. The third-order valence-electron chi connectivity index (χ3n) is 3.43. The summed E-state index contributed by atoms with van der Waals surface area (Å²) in [7, 11) is 0. The molecule has 0 radical (unpaired) electrons. The first-order valence-electron chi connectivity index (χ1n) is 7.26. The molecule has 2 aromatic heterocycles. The number of nitrogens with zero attached hydrogens (tertiary/aromatic N) is 5. The Morgan fingerprint density at radius 3 is 2.67 bits per heavy atom. The van der Waals surface area contributed by atoms with Gasteiger partial charge in [0.2, 0.25) is 5.13 Å². The predicted octanol–water partition coefficient (Wildman–Crippen LogP) is 2.58. The summed E-state index contributed by atoms with van der Waals surface area (Å²) in [5.41, 5.74) is 2.35. The molecule has 118 valence electrons. The van der Waals surface area contributed by atoms with Crippen LogP contribution in [0.4, 0.5) is 5.13 Å². The fourth-order valence-electron chi connectivity index (χ4n) is 2.29. The number of hydrogen-bond donors (Lipinski definition) is 1. The molecule has 4 aromatic rings. The number of anilines is 1. The molecule has 0 saturated heterocycles. The van der Waals surface area contributed by atoms with Gasteiger partial charge in [0, 0.05) is 5.56 Å². The van der Waals surface area contributed by atoms with Crippen molar-refractivity contribution in [2.45, 2.75) is 6.54 Å². The Balaban J connectivity index is 1.50. The van der Waals surface area contributed by atoms with Crippen LogP contribution in [0, 0.1) is 0 Å². The van der Waals surface area contributed by atoms with E-state index in [9.17, 15) is 4.79 Å². The Morgan fingerprint density at radius 1 is 1.00 bits per heavy atom. The van der Waals surface area contributed by atoms with Crippen LogP contribution in [0.3, 0.4) is 0 Å².